The van der Waals surface area contributed by atoms with Crippen LogP contribution in [0.1, 0.15) is 5.76 Å². The molecule has 0 bridgehead atoms. The van der Waals surface area contributed by atoms with E-state index in [1.807, 2.05) is 54.6 Å². The Bertz CT molecular complexity index is 797. The number of furan rings is 1. The summed E-state index contributed by atoms with van der Waals surface area (Å²) in [6.45, 7) is 0. The highest BCUT2D eigenvalue weighted by molar-refractivity contribution is 6.43. The van der Waals surface area contributed by atoms with E-state index in [2.05, 4.69) is 10.5 Å². The van der Waals surface area contributed by atoms with Crippen LogP contribution in [-0.2, 0) is 0 Å². The predicted molar refractivity (Wildman–Crippen MR) is 91.8 cm³/mol. The topological polar surface area (TPSA) is 37.5 Å². The summed E-state index contributed by atoms with van der Waals surface area (Å²) in [6.07, 6.45) is 1.61. The summed E-state index contributed by atoms with van der Waals surface area (Å²) in [5.41, 5.74) is 4.59. The molecular weight excluding hydrogens is 319 g/mol. The van der Waals surface area contributed by atoms with Crippen molar-refractivity contribution in [3.63, 3.8) is 0 Å². The van der Waals surface area contributed by atoms with Crippen LogP contribution in [0.5, 0.6) is 0 Å². The van der Waals surface area contributed by atoms with Crippen LogP contribution in [0.25, 0.3) is 11.3 Å². The zero-order chi connectivity index (χ0) is 15.4. The second kappa shape index (κ2) is 6.69. The first-order chi connectivity index (χ1) is 10.7. The van der Waals surface area contributed by atoms with Gasteiger partial charge in [0.05, 0.1) is 21.9 Å². The lowest BCUT2D eigenvalue weighted by atomic mass is 10.2. The number of para-hydroxylation sites is 1. The molecule has 1 heterocycles. The minimum absolute atomic E-state index is 0.476. The van der Waals surface area contributed by atoms with Gasteiger partial charge >= 0.3 is 0 Å². The van der Waals surface area contributed by atoms with E-state index in [0.717, 1.165) is 11.3 Å². The molecule has 1 N–H and O–H groups in total. The summed E-state index contributed by atoms with van der Waals surface area (Å²) in [4.78, 5) is 0. The molecule has 0 saturated carbocycles. The molecule has 0 aliphatic rings. The Kier molecular flexibility index (Phi) is 4.47. The van der Waals surface area contributed by atoms with Crippen molar-refractivity contribution in [1.82, 2.24) is 0 Å². The van der Waals surface area contributed by atoms with Gasteiger partial charge in [0.1, 0.15) is 11.5 Å². The second-order valence-corrected chi connectivity index (χ2v) is 5.32. The molecule has 0 aliphatic carbocycles. The normalized spacial score (nSPS) is 11.0. The fourth-order valence-electron chi connectivity index (χ4n) is 1.94. The molecule has 2 aromatic carbocycles. The van der Waals surface area contributed by atoms with Gasteiger partial charge in [-0.2, -0.15) is 5.10 Å². The Labute approximate surface area is 138 Å². The third kappa shape index (κ3) is 3.32. The molecular formula is C17H12Cl2N2O. The van der Waals surface area contributed by atoms with Gasteiger partial charge < -0.3 is 4.42 Å². The van der Waals surface area contributed by atoms with Crippen LogP contribution in [0.2, 0.25) is 10.0 Å². The first-order valence-electron chi connectivity index (χ1n) is 6.62. The summed E-state index contributed by atoms with van der Waals surface area (Å²) in [5, 5.41) is 5.10. The molecule has 110 valence electrons. The summed E-state index contributed by atoms with van der Waals surface area (Å²) in [6, 6.07) is 18.8. The summed E-state index contributed by atoms with van der Waals surface area (Å²) < 4.78 is 5.71. The molecule has 0 spiro atoms. The van der Waals surface area contributed by atoms with Gasteiger partial charge in [-0.1, -0.05) is 47.5 Å². The third-order valence-corrected chi connectivity index (χ3v) is 3.82. The second-order valence-electron chi connectivity index (χ2n) is 4.54. The van der Waals surface area contributed by atoms with Gasteiger partial charge in [0.15, 0.2) is 0 Å². The molecule has 0 unspecified atom stereocenters. The lowest BCUT2D eigenvalue weighted by Crippen LogP contribution is -1.88. The molecule has 22 heavy (non-hydrogen) atoms. The minimum Gasteiger partial charge on any atom is -0.455 e. The van der Waals surface area contributed by atoms with Crippen LogP contribution >= 0.6 is 23.2 Å². The molecule has 1 aromatic heterocycles. The summed E-state index contributed by atoms with van der Waals surface area (Å²) in [7, 11) is 0. The Hall–Kier alpha value is -2.23. The first kappa shape index (κ1) is 14.7. The van der Waals surface area contributed by atoms with E-state index < -0.39 is 0 Å². The number of anilines is 1. The maximum atomic E-state index is 6.18. The highest BCUT2D eigenvalue weighted by atomic mass is 35.5. The smallest absolute Gasteiger partial charge is 0.147 e. The van der Waals surface area contributed by atoms with Crippen molar-refractivity contribution in [2.24, 2.45) is 5.10 Å². The van der Waals surface area contributed by atoms with Crippen molar-refractivity contribution in [2.75, 3.05) is 5.43 Å². The lowest BCUT2D eigenvalue weighted by molar-refractivity contribution is 0.575. The number of nitrogens with zero attached hydrogens (tertiary/aromatic N) is 1. The number of rotatable bonds is 4. The van der Waals surface area contributed by atoms with Crippen LogP contribution in [0, 0.1) is 0 Å². The van der Waals surface area contributed by atoms with Crippen molar-refractivity contribution >= 4 is 35.1 Å². The largest absolute Gasteiger partial charge is 0.455 e. The first-order valence-corrected chi connectivity index (χ1v) is 7.38. The van der Waals surface area contributed by atoms with Crippen molar-refractivity contribution in [1.29, 1.82) is 0 Å². The monoisotopic (exact) mass is 330 g/mol. The average molecular weight is 331 g/mol. The quantitative estimate of drug-likeness (QED) is 0.492. The zero-order valence-corrected chi connectivity index (χ0v) is 13.0. The number of hydrogen-bond donors (Lipinski definition) is 1. The van der Waals surface area contributed by atoms with E-state index >= 15 is 0 Å². The van der Waals surface area contributed by atoms with E-state index in [-0.39, 0.29) is 0 Å². The molecule has 0 saturated heterocycles. The summed E-state index contributed by atoms with van der Waals surface area (Å²) in [5.74, 6) is 1.27. The van der Waals surface area contributed by atoms with Gasteiger partial charge in [0.2, 0.25) is 0 Å². The Morgan fingerprint density at radius 1 is 0.909 bits per heavy atom. The number of hydrogen-bond acceptors (Lipinski definition) is 3. The van der Waals surface area contributed by atoms with Crippen LogP contribution in [0.4, 0.5) is 5.69 Å². The highest BCUT2D eigenvalue weighted by Gasteiger charge is 2.10. The molecule has 0 amide bonds. The average Bonchev–Trinajstić information content (AvgIpc) is 3.00. The molecule has 0 aliphatic heterocycles. The molecule has 3 nitrogen and oxygen atoms in total. The number of hydrazone groups is 1. The Morgan fingerprint density at radius 2 is 1.73 bits per heavy atom. The summed E-state index contributed by atoms with van der Waals surface area (Å²) >= 11 is 12.2. The SMILES string of the molecule is Clc1cccc(-c2ccc(/C=N/Nc3ccccc3)o2)c1Cl. The third-order valence-electron chi connectivity index (χ3n) is 3.00. The molecule has 0 atom stereocenters. The van der Waals surface area contributed by atoms with Crippen LogP contribution in [0.3, 0.4) is 0 Å². The standard InChI is InChI=1S/C17H12Cl2N2O/c18-15-8-4-7-14(17(15)19)16-10-9-13(22-16)11-20-21-12-5-2-1-3-6-12/h1-11,21H/b20-11+. The molecule has 5 heteroatoms. The van der Waals surface area contributed by atoms with E-state index in [4.69, 9.17) is 27.6 Å². The predicted octanol–water partition coefficient (Wildman–Crippen LogP) is 5.70. The minimum atomic E-state index is 0.476. The van der Waals surface area contributed by atoms with Crippen molar-refractivity contribution in [3.05, 3.63) is 76.5 Å². The van der Waals surface area contributed by atoms with Gasteiger partial charge in [-0.25, -0.2) is 0 Å². The van der Waals surface area contributed by atoms with Crippen LogP contribution < -0.4 is 5.43 Å². The van der Waals surface area contributed by atoms with E-state index in [0.29, 0.717) is 21.6 Å². The zero-order valence-electron chi connectivity index (χ0n) is 11.5. The van der Waals surface area contributed by atoms with Crippen molar-refractivity contribution in [3.8, 4) is 11.3 Å². The molecule has 0 fully saturated rings. The molecule has 0 radical (unpaired) electrons. The maximum absolute atomic E-state index is 6.18. The Morgan fingerprint density at radius 3 is 2.55 bits per heavy atom. The lowest BCUT2D eigenvalue weighted by Gasteiger charge is -2.01. The van der Waals surface area contributed by atoms with Gasteiger partial charge in [-0.15, -0.1) is 0 Å². The number of halogens is 2. The van der Waals surface area contributed by atoms with E-state index in [1.165, 1.54) is 0 Å². The van der Waals surface area contributed by atoms with E-state index in [1.54, 1.807) is 12.3 Å². The van der Waals surface area contributed by atoms with Crippen molar-refractivity contribution < 1.29 is 4.42 Å². The fraction of sp³-hybridized carbons (Fsp3) is 0. The number of nitrogens with one attached hydrogen (secondary N) is 1. The van der Waals surface area contributed by atoms with Crippen LogP contribution in [0.15, 0.2) is 70.2 Å². The van der Waals surface area contributed by atoms with E-state index in [9.17, 15) is 0 Å². The van der Waals surface area contributed by atoms with Crippen molar-refractivity contribution in [2.45, 2.75) is 0 Å². The van der Waals surface area contributed by atoms with Gasteiger partial charge in [0, 0.05) is 5.56 Å². The van der Waals surface area contributed by atoms with Gasteiger partial charge in [-0.3, -0.25) is 5.43 Å². The van der Waals surface area contributed by atoms with Gasteiger partial charge in [-0.05, 0) is 36.4 Å². The fourth-order valence-corrected chi connectivity index (χ4v) is 2.34. The molecule has 3 rings (SSSR count). The number of benzene rings is 2. The Balaban J connectivity index is 1.75. The van der Waals surface area contributed by atoms with Crippen LogP contribution in [-0.4, -0.2) is 6.21 Å². The van der Waals surface area contributed by atoms with Gasteiger partial charge in [0.25, 0.3) is 0 Å². The molecule has 3 aromatic rings. The maximum Gasteiger partial charge on any atom is 0.147 e. The highest BCUT2D eigenvalue weighted by Crippen LogP contribution is 2.34.